The van der Waals surface area contributed by atoms with Crippen LogP contribution in [0.1, 0.15) is 116 Å². The van der Waals surface area contributed by atoms with Crippen LogP contribution in [0, 0.1) is 0 Å². The lowest BCUT2D eigenvalue weighted by Crippen LogP contribution is -2.44. The first-order valence-electron chi connectivity index (χ1n) is 15.6. The number of hydrogen-bond acceptors (Lipinski definition) is 0. The van der Waals surface area contributed by atoms with E-state index in [-0.39, 0.29) is 0 Å². The van der Waals surface area contributed by atoms with Gasteiger partial charge in [-0.25, -0.2) is 0 Å². The Kier molecular flexibility index (Phi) is 12.2. The first-order chi connectivity index (χ1) is 17.6. The van der Waals surface area contributed by atoms with E-state index in [1.165, 1.54) is 95.2 Å². The molecule has 0 spiro atoms. The number of benzene rings is 2. The predicted octanol–water partition coefficient (Wildman–Crippen LogP) is 11.2. The predicted molar refractivity (Wildman–Crippen MR) is 170 cm³/mol. The van der Waals surface area contributed by atoms with Crippen LogP contribution in [-0.4, -0.2) is 20.6 Å². The molecule has 1 unspecified atom stereocenters. The standard InChI is InChI=1S/C34H56PSi/c1-6-10-14-15-16-19-25-35(5,36(26-11-7-2,27-12-8-3)28-13-9-4)34-24-20-23-32-31-22-18-17-21-30(31)29-33(32)34/h17-18,20-24H,6-16,19,25-29H2,1-5H3/q+1. The zero-order valence-corrected chi connectivity index (χ0v) is 26.4. The highest BCUT2D eigenvalue weighted by molar-refractivity contribution is 8.12. The fourth-order valence-electron chi connectivity index (χ4n) is 7.06. The molecule has 3 rings (SSSR count). The third-order valence-electron chi connectivity index (χ3n) is 9.35. The Morgan fingerprint density at radius 2 is 1.17 bits per heavy atom. The minimum absolute atomic E-state index is 1.17. The highest BCUT2D eigenvalue weighted by Gasteiger charge is 2.57. The summed E-state index contributed by atoms with van der Waals surface area (Å²) in [6, 6.07) is 21.5. The van der Waals surface area contributed by atoms with E-state index in [1.807, 2.05) is 5.30 Å². The Balaban J connectivity index is 2.07. The van der Waals surface area contributed by atoms with Crippen LogP contribution in [0.25, 0.3) is 11.1 Å². The summed E-state index contributed by atoms with van der Waals surface area (Å²) in [7, 11) is -1.46. The van der Waals surface area contributed by atoms with Crippen molar-refractivity contribution in [2.24, 2.45) is 0 Å². The van der Waals surface area contributed by atoms with E-state index in [0.717, 1.165) is 0 Å². The van der Waals surface area contributed by atoms with Gasteiger partial charge in [-0.2, -0.15) is 0 Å². The van der Waals surface area contributed by atoms with E-state index < -0.39 is 14.6 Å². The van der Waals surface area contributed by atoms with Gasteiger partial charge >= 0.3 is 0 Å². The van der Waals surface area contributed by atoms with E-state index in [1.54, 1.807) is 34.8 Å². The zero-order valence-electron chi connectivity index (χ0n) is 24.5. The first kappa shape index (κ1) is 29.6. The van der Waals surface area contributed by atoms with Crippen molar-refractivity contribution in [3.8, 4) is 11.1 Å². The van der Waals surface area contributed by atoms with Crippen molar-refractivity contribution in [1.82, 2.24) is 0 Å². The highest BCUT2D eigenvalue weighted by Crippen LogP contribution is 2.69. The molecule has 0 fully saturated rings. The molecule has 0 radical (unpaired) electrons. The molecule has 0 N–H and O–H groups in total. The van der Waals surface area contributed by atoms with Crippen molar-refractivity contribution in [3.05, 3.63) is 53.6 Å². The fourth-order valence-corrected chi connectivity index (χ4v) is 25.5. The van der Waals surface area contributed by atoms with Crippen LogP contribution in [0.15, 0.2) is 42.5 Å². The van der Waals surface area contributed by atoms with Crippen LogP contribution >= 0.6 is 6.81 Å². The maximum atomic E-state index is 2.89. The van der Waals surface area contributed by atoms with Gasteiger partial charge in [-0.1, -0.05) is 128 Å². The van der Waals surface area contributed by atoms with Crippen LogP contribution in [-0.2, 0) is 6.42 Å². The van der Waals surface area contributed by atoms with Gasteiger partial charge < -0.3 is 0 Å². The molecule has 0 heterocycles. The van der Waals surface area contributed by atoms with Crippen LogP contribution in [0.4, 0.5) is 0 Å². The molecule has 1 aliphatic carbocycles. The van der Waals surface area contributed by atoms with Crippen molar-refractivity contribution in [3.63, 3.8) is 0 Å². The molecule has 0 saturated heterocycles. The minimum atomic E-state index is -1.46. The first-order valence-corrected chi connectivity index (χ1v) is 21.5. The van der Waals surface area contributed by atoms with Crippen LogP contribution in [0.3, 0.4) is 0 Å². The quantitative estimate of drug-likeness (QED) is 0.0883. The number of fused-ring (bicyclic) bond motifs is 3. The zero-order chi connectivity index (χ0) is 25.9. The summed E-state index contributed by atoms with van der Waals surface area (Å²) in [6.45, 7) is 11.3. The van der Waals surface area contributed by atoms with Crippen LogP contribution < -0.4 is 5.30 Å². The SMILES string of the molecule is CCCCCCCC[P+](C)(c1cccc2c1Cc1ccccc1-2)[Si](CCCC)(CCCC)CCCC. The van der Waals surface area contributed by atoms with Crippen LogP contribution in [0.2, 0.25) is 18.1 Å². The van der Waals surface area contributed by atoms with E-state index in [0.29, 0.717) is 0 Å². The van der Waals surface area contributed by atoms with Crippen molar-refractivity contribution >= 4 is 19.9 Å². The third-order valence-corrected chi connectivity index (χ3v) is 27.7. The minimum Gasteiger partial charge on any atom is -0.0654 e. The highest BCUT2D eigenvalue weighted by atomic mass is 31.4. The summed E-state index contributed by atoms with van der Waals surface area (Å²) < 4.78 is 0. The average molecular weight is 524 g/mol. The lowest BCUT2D eigenvalue weighted by Gasteiger charge is -2.43. The molecule has 0 bridgehead atoms. The molecule has 36 heavy (non-hydrogen) atoms. The average Bonchev–Trinajstić information content (AvgIpc) is 3.29. The Morgan fingerprint density at radius 1 is 0.611 bits per heavy atom. The van der Waals surface area contributed by atoms with Gasteiger partial charge in [0.1, 0.15) is 0 Å². The van der Waals surface area contributed by atoms with Gasteiger partial charge in [-0.05, 0) is 53.7 Å². The fraction of sp³-hybridized carbons (Fsp3) is 0.647. The topological polar surface area (TPSA) is 0 Å². The van der Waals surface area contributed by atoms with Gasteiger partial charge in [0.05, 0.1) is 11.5 Å². The second-order valence-corrected chi connectivity index (χ2v) is 24.9. The molecular weight excluding hydrogens is 467 g/mol. The molecule has 1 aliphatic rings. The van der Waals surface area contributed by atoms with Gasteiger partial charge in [0.2, 0.25) is 7.74 Å². The summed E-state index contributed by atoms with van der Waals surface area (Å²) >= 11 is 0. The van der Waals surface area contributed by atoms with Crippen molar-refractivity contribution in [1.29, 1.82) is 0 Å². The van der Waals surface area contributed by atoms with Gasteiger partial charge in [0.25, 0.3) is 0 Å². The van der Waals surface area contributed by atoms with Crippen molar-refractivity contribution < 1.29 is 0 Å². The molecule has 200 valence electrons. The van der Waals surface area contributed by atoms with E-state index in [9.17, 15) is 0 Å². The number of unbranched alkanes of at least 4 members (excludes halogenated alkanes) is 8. The normalized spacial score (nSPS) is 14.5. The van der Waals surface area contributed by atoms with E-state index in [2.05, 4.69) is 76.8 Å². The monoisotopic (exact) mass is 523 g/mol. The molecule has 0 nitrogen and oxygen atoms in total. The summed E-state index contributed by atoms with van der Waals surface area (Å²) in [4.78, 5) is 0. The Hall–Kier alpha value is -0.913. The summed E-state index contributed by atoms with van der Waals surface area (Å²) in [5.74, 6) is 0. The van der Waals surface area contributed by atoms with Gasteiger partial charge in [0, 0.05) is 25.5 Å². The van der Waals surface area contributed by atoms with Crippen molar-refractivity contribution in [2.45, 2.75) is 129 Å². The number of rotatable bonds is 18. The molecule has 1 atom stereocenters. The lowest BCUT2D eigenvalue weighted by molar-refractivity contribution is 0.626. The third kappa shape index (κ3) is 6.74. The molecule has 0 amide bonds. The molecule has 2 aromatic carbocycles. The Morgan fingerprint density at radius 3 is 1.81 bits per heavy atom. The van der Waals surface area contributed by atoms with E-state index in [4.69, 9.17) is 0 Å². The van der Waals surface area contributed by atoms with Gasteiger partial charge in [-0.15, -0.1) is 0 Å². The lowest BCUT2D eigenvalue weighted by atomic mass is 10.1. The van der Waals surface area contributed by atoms with Gasteiger partial charge in [0.15, 0.2) is 0 Å². The van der Waals surface area contributed by atoms with Crippen molar-refractivity contribution in [2.75, 3.05) is 12.8 Å². The number of hydrogen-bond donors (Lipinski definition) is 0. The smallest absolute Gasteiger partial charge is 0.0654 e. The Labute approximate surface area is 226 Å². The largest absolute Gasteiger partial charge is 0.235 e. The second-order valence-electron chi connectivity index (χ2n) is 11.9. The molecule has 2 heteroatoms. The molecule has 0 saturated carbocycles. The molecule has 2 aromatic rings. The van der Waals surface area contributed by atoms with E-state index >= 15 is 0 Å². The summed E-state index contributed by atoms with van der Waals surface area (Å²) in [5, 5.41) is 1.87. The maximum Gasteiger partial charge on any atom is 0.235 e. The Bertz CT molecular complexity index is 897. The molecule has 0 aromatic heterocycles. The molecule has 0 aliphatic heterocycles. The maximum absolute atomic E-state index is 2.89. The summed E-state index contributed by atoms with van der Waals surface area (Å²) in [5.41, 5.74) is 6.39. The summed E-state index contributed by atoms with van der Waals surface area (Å²) in [6.07, 6.45) is 19.7. The van der Waals surface area contributed by atoms with Crippen LogP contribution in [0.5, 0.6) is 0 Å². The second kappa shape index (κ2) is 14.9. The van der Waals surface area contributed by atoms with Gasteiger partial charge in [-0.3, -0.25) is 0 Å². The molecular formula is C34H56PSi+.